The van der Waals surface area contributed by atoms with Gasteiger partial charge in [-0.15, -0.1) is 0 Å². The highest BCUT2D eigenvalue weighted by atomic mass is 127. The lowest BCUT2D eigenvalue weighted by molar-refractivity contribution is 0.0815. The highest BCUT2D eigenvalue weighted by Gasteiger charge is 1.92. The van der Waals surface area contributed by atoms with E-state index < -0.39 is 0 Å². The predicted octanol–water partition coefficient (Wildman–Crippen LogP) is 1.80. The maximum Gasteiger partial charge on any atom is 0.0718 e. The molecule has 0 atom stereocenters. The maximum atomic E-state index is 8.47. The average molecular weight is 278 g/mol. The second-order valence-corrected chi connectivity index (χ2v) is 3.65. The van der Waals surface area contributed by atoms with E-state index in [1.165, 1.54) is 3.57 Å². The molecule has 1 N–H and O–H groups in total. The summed E-state index contributed by atoms with van der Waals surface area (Å²) in [6, 6.07) is 8.12. The number of halogens is 1. The normalized spacial score (nSPS) is 10.2. The van der Waals surface area contributed by atoms with Crippen LogP contribution in [0.25, 0.3) is 0 Å². The maximum absolute atomic E-state index is 8.47. The zero-order chi connectivity index (χ0) is 8.81. The molecule has 0 radical (unpaired) electrons. The van der Waals surface area contributed by atoms with Gasteiger partial charge < -0.3 is 9.84 Å². The minimum Gasteiger partial charge on any atom is -0.394 e. The Morgan fingerprint density at radius 1 is 1.42 bits per heavy atom. The van der Waals surface area contributed by atoms with Crippen molar-refractivity contribution in [3.63, 3.8) is 0 Å². The van der Waals surface area contributed by atoms with Crippen LogP contribution in [0.1, 0.15) is 5.56 Å². The molecule has 1 aromatic carbocycles. The van der Waals surface area contributed by atoms with Crippen LogP contribution in [0.3, 0.4) is 0 Å². The zero-order valence-corrected chi connectivity index (χ0v) is 8.82. The Balaban J connectivity index is 2.41. The van der Waals surface area contributed by atoms with Gasteiger partial charge in [-0.25, -0.2) is 0 Å². The van der Waals surface area contributed by atoms with Crippen LogP contribution in [0.4, 0.5) is 0 Å². The summed E-state index contributed by atoms with van der Waals surface area (Å²) in [7, 11) is 0. The molecule has 0 saturated carbocycles. The SMILES string of the molecule is OCCOCc1cccc(I)c1. The summed E-state index contributed by atoms with van der Waals surface area (Å²) in [6.07, 6.45) is 0. The molecule has 0 fully saturated rings. The molecule has 0 saturated heterocycles. The van der Waals surface area contributed by atoms with Gasteiger partial charge in [-0.3, -0.25) is 0 Å². The topological polar surface area (TPSA) is 29.5 Å². The zero-order valence-electron chi connectivity index (χ0n) is 6.66. The molecule has 0 bridgehead atoms. The third kappa shape index (κ3) is 3.51. The number of ether oxygens (including phenoxy) is 1. The van der Waals surface area contributed by atoms with Crippen LogP contribution in [0.15, 0.2) is 24.3 Å². The van der Waals surface area contributed by atoms with Crippen LogP contribution >= 0.6 is 22.6 Å². The van der Waals surface area contributed by atoms with Gasteiger partial charge in [0.25, 0.3) is 0 Å². The van der Waals surface area contributed by atoms with Gasteiger partial charge in [-0.2, -0.15) is 0 Å². The Bertz CT molecular complexity index is 238. The standard InChI is InChI=1S/C9H11IO2/c10-9-3-1-2-8(6-9)7-12-5-4-11/h1-3,6,11H,4-5,7H2. The van der Waals surface area contributed by atoms with Crippen molar-refractivity contribution >= 4 is 22.6 Å². The minimum atomic E-state index is 0.0872. The van der Waals surface area contributed by atoms with Gasteiger partial charge in [0, 0.05) is 3.57 Å². The van der Waals surface area contributed by atoms with Crippen molar-refractivity contribution in [2.45, 2.75) is 6.61 Å². The first-order valence-corrected chi connectivity index (χ1v) is 4.84. The van der Waals surface area contributed by atoms with Crippen molar-refractivity contribution in [2.24, 2.45) is 0 Å². The third-order valence-electron chi connectivity index (χ3n) is 1.39. The quantitative estimate of drug-likeness (QED) is 0.672. The molecule has 0 aliphatic carbocycles. The smallest absolute Gasteiger partial charge is 0.0718 e. The van der Waals surface area contributed by atoms with Crippen LogP contribution in [0.5, 0.6) is 0 Å². The van der Waals surface area contributed by atoms with Gasteiger partial charge in [0.2, 0.25) is 0 Å². The van der Waals surface area contributed by atoms with Crippen LogP contribution in [0, 0.1) is 3.57 Å². The second-order valence-electron chi connectivity index (χ2n) is 2.41. The van der Waals surface area contributed by atoms with Crippen LogP contribution in [-0.4, -0.2) is 18.3 Å². The van der Waals surface area contributed by atoms with Crippen molar-refractivity contribution in [3.05, 3.63) is 33.4 Å². The van der Waals surface area contributed by atoms with Gasteiger partial charge >= 0.3 is 0 Å². The number of rotatable bonds is 4. The molecule has 0 aliphatic rings. The van der Waals surface area contributed by atoms with E-state index in [4.69, 9.17) is 9.84 Å². The molecule has 12 heavy (non-hydrogen) atoms. The molecule has 0 amide bonds. The lowest BCUT2D eigenvalue weighted by Crippen LogP contribution is -1.99. The summed E-state index contributed by atoms with van der Waals surface area (Å²) < 4.78 is 6.38. The molecule has 2 nitrogen and oxygen atoms in total. The minimum absolute atomic E-state index is 0.0872. The number of aliphatic hydroxyl groups excluding tert-OH is 1. The van der Waals surface area contributed by atoms with E-state index in [2.05, 4.69) is 28.7 Å². The van der Waals surface area contributed by atoms with Crippen LogP contribution in [-0.2, 0) is 11.3 Å². The summed E-state index contributed by atoms with van der Waals surface area (Å²) in [5.41, 5.74) is 1.15. The van der Waals surface area contributed by atoms with Gasteiger partial charge in [-0.05, 0) is 40.3 Å². The molecule has 1 rings (SSSR count). The van der Waals surface area contributed by atoms with Crippen LogP contribution < -0.4 is 0 Å². The molecule has 1 aromatic rings. The largest absolute Gasteiger partial charge is 0.394 e. The Hall–Kier alpha value is -0.130. The first kappa shape index (κ1) is 9.95. The number of benzene rings is 1. The highest BCUT2D eigenvalue weighted by Crippen LogP contribution is 2.08. The first-order valence-electron chi connectivity index (χ1n) is 3.76. The summed E-state index contributed by atoms with van der Waals surface area (Å²) in [4.78, 5) is 0. The van der Waals surface area contributed by atoms with Crippen LogP contribution in [0.2, 0.25) is 0 Å². The molecule has 0 aliphatic heterocycles. The Morgan fingerprint density at radius 3 is 2.92 bits per heavy atom. The summed E-state index contributed by atoms with van der Waals surface area (Å²) in [5.74, 6) is 0. The highest BCUT2D eigenvalue weighted by molar-refractivity contribution is 14.1. The molecule has 0 heterocycles. The monoisotopic (exact) mass is 278 g/mol. The Morgan fingerprint density at radius 2 is 2.25 bits per heavy atom. The molecule has 0 spiro atoms. The van der Waals surface area contributed by atoms with E-state index in [9.17, 15) is 0 Å². The first-order chi connectivity index (χ1) is 5.83. The van der Waals surface area contributed by atoms with E-state index >= 15 is 0 Å². The molecule has 0 aromatic heterocycles. The summed E-state index contributed by atoms with van der Waals surface area (Å²) in [6.45, 7) is 1.08. The van der Waals surface area contributed by atoms with E-state index in [1.807, 2.05) is 18.2 Å². The lowest BCUT2D eigenvalue weighted by Gasteiger charge is -2.02. The fourth-order valence-corrected chi connectivity index (χ4v) is 1.49. The van der Waals surface area contributed by atoms with Crippen molar-refractivity contribution in [1.29, 1.82) is 0 Å². The number of hydrogen-bond donors (Lipinski definition) is 1. The fraction of sp³-hybridized carbons (Fsp3) is 0.333. The van der Waals surface area contributed by atoms with E-state index in [0.717, 1.165) is 5.56 Å². The molecule has 3 heteroatoms. The van der Waals surface area contributed by atoms with E-state index in [1.54, 1.807) is 0 Å². The summed E-state index contributed by atoms with van der Waals surface area (Å²) >= 11 is 2.26. The Kier molecular flexibility index (Phi) is 4.57. The number of aliphatic hydroxyl groups is 1. The van der Waals surface area contributed by atoms with Crippen molar-refractivity contribution in [2.75, 3.05) is 13.2 Å². The Labute approximate surface area is 85.7 Å². The van der Waals surface area contributed by atoms with E-state index in [0.29, 0.717) is 13.2 Å². The third-order valence-corrected chi connectivity index (χ3v) is 2.06. The van der Waals surface area contributed by atoms with Gasteiger partial charge in [-0.1, -0.05) is 12.1 Å². The van der Waals surface area contributed by atoms with Crippen molar-refractivity contribution in [1.82, 2.24) is 0 Å². The summed E-state index contributed by atoms with van der Waals surface area (Å²) in [5, 5.41) is 8.47. The molecule has 0 unspecified atom stereocenters. The second kappa shape index (κ2) is 5.50. The molecular weight excluding hydrogens is 267 g/mol. The molecular formula is C9H11IO2. The molecule has 66 valence electrons. The fourth-order valence-electron chi connectivity index (χ4n) is 0.881. The lowest BCUT2D eigenvalue weighted by atomic mass is 10.2. The number of hydrogen-bond acceptors (Lipinski definition) is 2. The van der Waals surface area contributed by atoms with Gasteiger partial charge in [0.1, 0.15) is 0 Å². The van der Waals surface area contributed by atoms with Crippen molar-refractivity contribution in [3.8, 4) is 0 Å². The predicted molar refractivity (Wildman–Crippen MR) is 55.9 cm³/mol. The van der Waals surface area contributed by atoms with E-state index in [-0.39, 0.29) is 6.61 Å². The van der Waals surface area contributed by atoms with Gasteiger partial charge in [0.15, 0.2) is 0 Å². The van der Waals surface area contributed by atoms with Gasteiger partial charge in [0.05, 0.1) is 19.8 Å². The van der Waals surface area contributed by atoms with Crippen molar-refractivity contribution < 1.29 is 9.84 Å². The average Bonchev–Trinajstić information content (AvgIpc) is 2.05.